The van der Waals surface area contributed by atoms with Gasteiger partial charge in [-0.3, -0.25) is 10.1 Å². The molecule has 0 aromatic heterocycles. The molecule has 19 heavy (non-hydrogen) atoms. The maximum atomic E-state index is 11.4. The summed E-state index contributed by atoms with van der Waals surface area (Å²) < 4.78 is 10.4. The Balaban J connectivity index is 1.85. The lowest BCUT2D eigenvalue weighted by molar-refractivity contribution is -0.119. The van der Waals surface area contributed by atoms with Gasteiger partial charge in [0.15, 0.2) is 11.5 Å². The first-order valence-electron chi connectivity index (χ1n) is 5.67. The van der Waals surface area contributed by atoms with Crippen LogP contribution in [0.1, 0.15) is 12.5 Å². The molecule has 1 aliphatic rings. The highest BCUT2D eigenvalue weighted by Gasteiger charge is 2.15. The van der Waals surface area contributed by atoms with Crippen molar-refractivity contribution in [2.24, 2.45) is 0 Å². The zero-order valence-electron chi connectivity index (χ0n) is 10.2. The largest absolute Gasteiger partial charge is 0.454 e. The zero-order chi connectivity index (χ0) is 13.8. The molecule has 0 fully saturated rings. The van der Waals surface area contributed by atoms with E-state index in [1.807, 2.05) is 0 Å². The number of carbonyl (C=O) groups excluding carboxylic acids is 2. The van der Waals surface area contributed by atoms with E-state index in [4.69, 9.17) is 21.1 Å². The summed E-state index contributed by atoms with van der Waals surface area (Å²) in [5, 5.41) is 3.92. The second-order valence-electron chi connectivity index (χ2n) is 3.98. The van der Waals surface area contributed by atoms with Gasteiger partial charge in [0.25, 0.3) is 0 Å². The van der Waals surface area contributed by atoms with Crippen molar-refractivity contribution in [2.75, 3.05) is 6.79 Å². The van der Waals surface area contributed by atoms with Crippen LogP contribution in [0.3, 0.4) is 0 Å². The first-order valence-corrected chi connectivity index (χ1v) is 6.11. The minimum Gasteiger partial charge on any atom is -0.454 e. The number of rotatable bonds is 3. The molecule has 2 rings (SSSR count). The first-order chi connectivity index (χ1) is 9.06. The van der Waals surface area contributed by atoms with E-state index in [9.17, 15) is 9.59 Å². The van der Waals surface area contributed by atoms with E-state index in [0.29, 0.717) is 11.5 Å². The minimum absolute atomic E-state index is 0.203. The Morgan fingerprint density at radius 2 is 2.11 bits per heavy atom. The van der Waals surface area contributed by atoms with Crippen molar-refractivity contribution in [3.05, 3.63) is 23.8 Å². The summed E-state index contributed by atoms with van der Waals surface area (Å²) in [6, 6.07) is 4.76. The number of ether oxygens (including phenoxy) is 2. The quantitative estimate of drug-likeness (QED) is 0.822. The van der Waals surface area contributed by atoms with Crippen LogP contribution in [0, 0.1) is 0 Å². The summed E-state index contributed by atoms with van der Waals surface area (Å²) >= 11 is 5.53. The maximum Gasteiger partial charge on any atom is 0.321 e. The smallest absolute Gasteiger partial charge is 0.321 e. The average Bonchev–Trinajstić information content (AvgIpc) is 2.83. The number of halogens is 1. The number of hydrogen-bond acceptors (Lipinski definition) is 4. The van der Waals surface area contributed by atoms with E-state index in [-0.39, 0.29) is 13.3 Å². The third-order valence-electron chi connectivity index (χ3n) is 2.49. The fourth-order valence-corrected chi connectivity index (χ4v) is 1.54. The molecule has 1 aliphatic heterocycles. The highest BCUT2D eigenvalue weighted by atomic mass is 35.5. The van der Waals surface area contributed by atoms with Gasteiger partial charge in [-0.05, 0) is 24.6 Å². The van der Waals surface area contributed by atoms with Crippen LogP contribution >= 0.6 is 11.6 Å². The lowest BCUT2D eigenvalue weighted by Crippen LogP contribution is -2.41. The molecule has 6 nitrogen and oxygen atoms in total. The van der Waals surface area contributed by atoms with Crippen LogP contribution in [0.15, 0.2) is 18.2 Å². The average molecular weight is 285 g/mol. The van der Waals surface area contributed by atoms with E-state index in [1.165, 1.54) is 6.92 Å². The number of fused-ring (bicyclic) bond motifs is 1. The number of imide groups is 1. The summed E-state index contributed by atoms with van der Waals surface area (Å²) in [4.78, 5) is 22.6. The van der Waals surface area contributed by atoms with Crippen LogP contribution in [0.4, 0.5) is 4.79 Å². The lowest BCUT2D eigenvalue weighted by Gasteiger charge is -2.08. The van der Waals surface area contributed by atoms with E-state index < -0.39 is 17.3 Å². The molecule has 2 N–H and O–H groups in total. The number of urea groups is 1. The number of amides is 3. The molecule has 0 saturated carbocycles. The molecular weight excluding hydrogens is 272 g/mol. The Labute approximate surface area is 115 Å². The molecule has 0 saturated heterocycles. The number of benzene rings is 1. The van der Waals surface area contributed by atoms with Gasteiger partial charge in [-0.15, -0.1) is 11.6 Å². The van der Waals surface area contributed by atoms with Gasteiger partial charge in [0.1, 0.15) is 5.38 Å². The standard InChI is InChI=1S/C12H13ClN2O4/c1-7(13)11(16)15-12(17)14-5-8-2-3-9-10(4-8)19-6-18-9/h2-4,7H,5-6H2,1H3,(H2,14,15,16,17). The SMILES string of the molecule is CC(Cl)C(=O)NC(=O)NCc1ccc2c(c1)OCO2. The molecule has 1 aromatic rings. The predicted octanol–water partition coefficient (Wildman–Crippen LogP) is 1.37. The highest BCUT2D eigenvalue weighted by molar-refractivity contribution is 6.31. The van der Waals surface area contributed by atoms with Crippen molar-refractivity contribution < 1.29 is 19.1 Å². The minimum atomic E-state index is -0.753. The third-order valence-corrected chi connectivity index (χ3v) is 2.69. The van der Waals surface area contributed by atoms with E-state index in [0.717, 1.165) is 5.56 Å². The van der Waals surface area contributed by atoms with Crippen LogP contribution in [0.5, 0.6) is 11.5 Å². The Morgan fingerprint density at radius 1 is 1.37 bits per heavy atom. The summed E-state index contributed by atoms with van der Waals surface area (Å²) in [5.74, 6) is 0.786. The zero-order valence-corrected chi connectivity index (χ0v) is 11.0. The second kappa shape index (κ2) is 5.79. The van der Waals surface area contributed by atoms with Crippen LogP contribution in [0.25, 0.3) is 0 Å². The summed E-state index contributed by atoms with van der Waals surface area (Å²) in [7, 11) is 0. The molecular formula is C12H13ClN2O4. The van der Waals surface area contributed by atoms with E-state index >= 15 is 0 Å². The van der Waals surface area contributed by atoms with Crippen LogP contribution in [-0.4, -0.2) is 24.1 Å². The molecule has 0 radical (unpaired) electrons. The highest BCUT2D eigenvalue weighted by Crippen LogP contribution is 2.32. The molecule has 7 heteroatoms. The summed E-state index contributed by atoms with van der Waals surface area (Å²) in [6.45, 7) is 1.96. The topological polar surface area (TPSA) is 76.7 Å². The second-order valence-corrected chi connectivity index (χ2v) is 4.63. The maximum absolute atomic E-state index is 11.4. The molecule has 1 unspecified atom stereocenters. The molecule has 1 atom stereocenters. The molecule has 0 spiro atoms. The lowest BCUT2D eigenvalue weighted by atomic mass is 10.2. The fourth-order valence-electron chi connectivity index (χ4n) is 1.49. The Kier molecular flexibility index (Phi) is 4.11. The Hall–Kier alpha value is -1.95. The van der Waals surface area contributed by atoms with Gasteiger partial charge < -0.3 is 14.8 Å². The Morgan fingerprint density at radius 3 is 2.84 bits per heavy atom. The van der Waals surface area contributed by atoms with Gasteiger partial charge >= 0.3 is 6.03 Å². The van der Waals surface area contributed by atoms with Crippen LogP contribution in [-0.2, 0) is 11.3 Å². The Bertz CT molecular complexity index is 505. The molecule has 3 amide bonds. The predicted molar refractivity (Wildman–Crippen MR) is 68.3 cm³/mol. The van der Waals surface area contributed by atoms with Crippen molar-refractivity contribution >= 4 is 23.5 Å². The van der Waals surface area contributed by atoms with Gasteiger partial charge in [-0.25, -0.2) is 4.79 Å². The van der Waals surface area contributed by atoms with E-state index in [2.05, 4.69) is 10.6 Å². The van der Waals surface area contributed by atoms with Gasteiger partial charge in [-0.1, -0.05) is 6.07 Å². The summed E-state index contributed by atoms with van der Waals surface area (Å²) in [6.07, 6.45) is 0. The monoisotopic (exact) mass is 284 g/mol. The van der Waals surface area contributed by atoms with Gasteiger partial charge in [-0.2, -0.15) is 0 Å². The van der Waals surface area contributed by atoms with Crippen molar-refractivity contribution in [3.63, 3.8) is 0 Å². The van der Waals surface area contributed by atoms with E-state index in [1.54, 1.807) is 18.2 Å². The van der Waals surface area contributed by atoms with Crippen LogP contribution in [0.2, 0.25) is 0 Å². The number of carbonyl (C=O) groups is 2. The number of hydrogen-bond donors (Lipinski definition) is 2. The molecule has 102 valence electrons. The first kappa shape index (κ1) is 13.5. The fraction of sp³-hybridized carbons (Fsp3) is 0.333. The normalized spacial score (nSPS) is 13.8. The third kappa shape index (κ3) is 3.51. The molecule has 0 aliphatic carbocycles. The van der Waals surface area contributed by atoms with Gasteiger partial charge in [0.2, 0.25) is 12.7 Å². The number of nitrogens with one attached hydrogen (secondary N) is 2. The molecule has 1 heterocycles. The summed E-state index contributed by atoms with van der Waals surface area (Å²) in [5.41, 5.74) is 0.839. The van der Waals surface area contributed by atoms with Crippen LogP contribution < -0.4 is 20.1 Å². The number of alkyl halides is 1. The van der Waals surface area contributed by atoms with Crippen molar-refractivity contribution in [2.45, 2.75) is 18.8 Å². The van der Waals surface area contributed by atoms with Crippen molar-refractivity contribution in [1.82, 2.24) is 10.6 Å². The van der Waals surface area contributed by atoms with Gasteiger partial charge in [0, 0.05) is 6.54 Å². The van der Waals surface area contributed by atoms with Crippen molar-refractivity contribution in [1.29, 1.82) is 0 Å². The van der Waals surface area contributed by atoms with Crippen molar-refractivity contribution in [3.8, 4) is 11.5 Å². The van der Waals surface area contributed by atoms with Gasteiger partial charge in [0.05, 0.1) is 0 Å². The molecule has 0 bridgehead atoms. The molecule has 1 aromatic carbocycles.